The second-order valence-corrected chi connectivity index (χ2v) is 6.90. The molecule has 1 fully saturated rings. The molecule has 22 heavy (non-hydrogen) atoms. The number of halogens is 1. The summed E-state index contributed by atoms with van der Waals surface area (Å²) in [6.07, 6.45) is 1.79. The third kappa shape index (κ3) is 4.46. The largest absolute Gasteiger partial charge is 0.480 e. The molecule has 2 rings (SSSR count). The Morgan fingerprint density at radius 1 is 1.55 bits per heavy atom. The van der Waals surface area contributed by atoms with E-state index in [2.05, 4.69) is 21.2 Å². The van der Waals surface area contributed by atoms with Crippen molar-refractivity contribution >= 4 is 21.8 Å². The summed E-state index contributed by atoms with van der Waals surface area (Å²) in [6.45, 7) is 6.47. The first-order chi connectivity index (χ1) is 10.5. The van der Waals surface area contributed by atoms with Gasteiger partial charge in [-0.1, -0.05) is 6.07 Å². The summed E-state index contributed by atoms with van der Waals surface area (Å²) in [5.74, 6) is 1.34. The van der Waals surface area contributed by atoms with Crippen LogP contribution in [0.1, 0.15) is 25.3 Å². The average molecular weight is 369 g/mol. The molecule has 0 saturated carbocycles. The zero-order chi connectivity index (χ0) is 16.1. The Balaban J connectivity index is 1.96. The number of aryl methyl sites for hydroxylation is 1. The van der Waals surface area contributed by atoms with Crippen LogP contribution in [0.4, 0.5) is 0 Å². The van der Waals surface area contributed by atoms with Crippen molar-refractivity contribution in [1.82, 2.24) is 10.2 Å². The number of ether oxygens (including phenoxy) is 1. The number of likely N-dealkylation sites (tertiary alicyclic amines) is 1. The highest BCUT2D eigenvalue weighted by Crippen LogP contribution is 2.27. The Hall–Kier alpha value is -1.07. The molecule has 1 amide bonds. The second-order valence-electron chi connectivity index (χ2n) is 6.04. The average Bonchev–Trinajstić information content (AvgIpc) is 2.50. The monoisotopic (exact) mass is 368 g/mol. The summed E-state index contributed by atoms with van der Waals surface area (Å²) < 4.78 is 6.74. The summed E-state index contributed by atoms with van der Waals surface area (Å²) in [5, 5.41) is 3.20. The molecule has 1 N–H and O–H groups in total. The van der Waals surface area contributed by atoms with Crippen LogP contribution in [0.2, 0.25) is 0 Å². The molecule has 2 atom stereocenters. The van der Waals surface area contributed by atoms with Gasteiger partial charge in [-0.25, -0.2) is 0 Å². The fourth-order valence-corrected chi connectivity index (χ4v) is 3.51. The molecule has 1 heterocycles. The Morgan fingerprint density at radius 3 is 3.00 bits per heavy atom. The molecular weight excluding hydrogens is 344 g/mol. The number of piperidine rings is 1. The van der Waals surface area contributed by atoms with Crippen LogP contribution in [0, 0.1) is 12.8 Å². The van der Waals surface area contributed by atoms with E-state index in [1.165, 1.54) is 6.42 Å². The van der Waals surface area contributed by atoms with Gasteiger partial charge in [-0.2, -0.15) is 0 Å². The highest BCUT2D eigenvalue weighted by atomic mass is 79.9. The summed E-state index contributed by atoms with van der Waals surface area (Å²) >= 11 is 3.49. The van der Waals surface area contributed by atoms with Gasteiger partial charge in [0.05, 0.1) is 4.47 Å². The predicted molar refractivity (Wildman–Crippen MR) is 92.2 cm³/mol. The van der Waals surface area contributed by atoms with Crippen LogP contribution in [0.5, 0.6) is 5.75 Å². The Bertz CT molecular complexity index is 519. The van der Waals surface area contributed by atoms with E-state index < -0.39 is 6.10 Å². The van der Waals surface area contributed by atoms with Gasteiger partial charge in [0.25, 0.3) is 5.91 Å². The van der Waals surface area contributed by atoms with Gasteiger partial charge in [0.1, 0.15) is 5.75 Å². The highest BCUT2D eigenvalue weighted by Gasteiger charge is 2.27. The summed E-state index contributed by atoms with van der Waals surface area (Å²) in [4.78, 5) is 14.5. The van der Waals surface area contributed by atoms with Gasteiger partial charge in [-0.3, -0.25) is 4.79 Å². The van der Waals surface area contributed by atoms with Gasteiger partial charge in [-0.05, 0) is 79.8 Å². The van der Waals surface area contributed by atoms with Crippen LogP contribution in [-0.2, 0) is 4.79 Å². The van der Waals surface area contributed by atoms with Gasteiger partial charge in [0.2, 0.25) is 0 Å². The Labute approximate surface area is 141 Å². The van der Waals surface area contributed by atoms with Gasteiger partial charge >= 0.3 is 0 Å². The molecule has 122 valence electrons. The fourth-order valence-electron chi connectivity index (χ4n) is 2.92. The van der Waals surface area contributed by atoms with Crippen LogP contribution in [0.15, 0.2) is 22.7 Å². The van der Waals surface area contributed by atoms with Crippen molar-refractivity contribution in [3.05, 3.63) is 28.2 Å². The lowest BCUT2D eigenvalue weighted by molar-refractivity contribution is -0.139. The van der Waals surface area contributed by atoms with Crippen molar-refractivity contribution in [2.24, 2.45) is 5.92 Å². The normalized spacial score (nSPS) is 19.8. The zero-order valence-corrected chi connectivity index (χ0v) is 15.1. The minimum atomic E-state index is -0.465. The maximum atomic E-state index is 12.6. The Kier molecular flexibility index (Phi) is 6.26. The fraction of sp³-hybridized carbons (Fsp3) is 0.588. The number of amides is 1. The maximum absolute atomic E-state index is 12.6. The van der Waals surface area contributed by atoms with Gasteiger partial charge < -0.3 is 15.0 Å². The van der Waals surface area contributed by atoms with Crippen molar-refractivity contribution in [3.63, 3.8) is 0 Å². The first-order valence-electron chi connectivity index (χ1n) is 7.87. The smallest absolute Gasteiger partial charge is 0.263 e. The summed E-state index contributed by atoms with van der Waals surface area (Å²) in [6, 6.07) is 5.89. The van der Waals surface area contributed by atoms with Crippen LogP contribution < -0.4 is 10.1 Å². The van der Waals surface area contributed by atoms with Crippen molar-refractivity contribution < 1.29 is 9.53 Å². The van der Waals surface area contributed by atoms with Gasteiger partial charge in [0, 0.05) is 13.1 Å². The summed E-state index contributed by atoms with van der Waals surface area (Å²) in [7, 11) is 1.96. The molecule has 5 heteroatoms. The van der Waals surface area contributed by atoms with Crippen molar-refractivity contribution in [2.75, 3.05) is 26.7 Å². The van der Waals surface area contributed by atoms with Crippen LogP contribution >= 0.6 is 15.9 Å². The SMILES string of the molecule is CNC[C@H]1CCCN(C(=O)[C@H](C)Oc2ccc(C)cc2Br)C1. The Morgan fingerprint density at radius 2 is 2.32 bits per heavy atom. The molecular formula is C17H25BrN2O2. The molecule has 0 spiro atoms. The molecule has 1 aromatic rings. The van der Waals surface area contributed by atoms with Gasteiger partial charge in [0.15, 0.2) is 6.10 Å². The molecule has 0 aromatic heterocycles. The molecule has 1 saturated heterocycles. The molecule has 0 radical (unpaired) electrons. The number of nitrogens with one attached hydrogen (secondary N) is 1. The van der Waals surface area contributed by atoms with E-state index in [1.54, 1.807) is 0 Å². The van der Waals surface area contributed by atoms with Gasteiger partial charge in [-0.15, -0.1) is 0 Å². The minimum absolute atomic E-state index is 0.0771. The van der Waals surface area contributed by atoms with E-state index in [0.29, 0.717) is 5.92 Å². The zero-order valence-electron chi connectivity index (χ0n) is 13.6. The van der Waals surface area contributed by atoms with E-state index in [-0.39, 0.29) is 5.91 Å². The second kappa shape index (κ2) is 7.97. The molecule has 0 bridgehead atoms. The molecule has 4 nitrogen and oxygen atoms in total. The standard InChI is InChI=1S/C17H25BrN2O2/c1-12-6-7-16(15(18)9-12)22-13(2)17(21)20-8-4-5-14(11-20)10-19-3/h6-7,9,13-14,19H,4-5,8,10-11H2,1-3H3/t13-,14+/m0/s1. The molecule has 0 unspecified atom stereocenters. The number of carbonyl (C=O) groups is 1. The van der Waals surface area contributed by atoms with Crippen LogP contribution in [-0.4, -0.2) is 43.6 Å². The quantitative estimate of drug-likeness (QED) is 0.868. The summed E-state index contributed by atoms with van der Waals surface area (Å²) in [5.41, 5.74) is 1.16. The van der Waals surface area contributed by atoms with E-state index in [0.717, 1.165) is 41.8 Å². The minimum Gasteiger partial charge on any atom is -0.480 e. The topological polar surface area (TPSA) is 41.6 Å². The number of rotatable bonds is 5. The van der Waals surface area contributed by atoms with Crippen molar-refractivity contribution in [3.8, 4) is 5.75 Å². The maximum Gasteiger partial charge on any atom is 0.263 e. The first kappa shape index (κ1) is 17.3. The third-order valence-corrected chi connectivity index (χ3v) is 4.68. The van der Waals surface area contributed by atoms with E-state index in [1.807, 2.05) is 44.0 Å². The molecule has 1 aliphatic heterocycles. The molecule has 0 aliphatic carbocycles. The lowest BCUT2D eigenvalue weighted by atomic mass is 9.97. The van der Waals surface area contributed by atoms with E-state index >= 15 is 0 Å². The number of carbonyl (C=O) groups excluding carboxylic acids is 1. The molecule has 1 aliphatic rings. The number of hydrogen-bond donors (Lipinski definition) is 1. The number of nitrogens with zero attached hydrogens (tertiary/aromatic N) is 1. The third-order valence-electron chi connectivity index (χ3n) is 4.06. The highest BCUT2D eigenvalue weighted by molar-refractivity contribution is 9.10. The lowest BCUT2D eigenvalue weighted by Crippen LogP contribution is -2.47. The first-order valence-corrected chi connectivity index (χ1v) is 8.66. The predicted octanol–water partition coefficient (Wildman–Crippen LogP) is 2.98. The van der Waals surface area contributed by atoms with E-state index in [4.69, 9.17) is 4.74 Å². The van der Waals surface area contributed by atoms with Crippen molar-refractivity contribution in [2.45, 2.75) is 32.8 Å². The van der Waals surface area contributed by atoms with Crippen LogP contribution in [0.25, 0.3) is 0 Å². The molecule has 1 aromatic carbocycles. The number of benzene rings is 1. The lowest BCUT2D eigenvalue weighted by Gasteiger charge is -2.34. The number of hydrogen-bond acceptors (Lipinski definition) is 3. The van der Waals surface area contributed by atoms with E-state index in [9.17, 15) is 4.79 Å². The van der Waals surface area contributed by atoms with Crippen molar-refractivity contribution in [1.29, 1.82) is 0 Å². The van der Waals surface area contributed by atoms with Crippen LogP contribution in [0.3, 0.4) is 0 Å².